The summed E-state index contributed by atoms with van der Waals surface area (Å²) in [5, 5.41) is 0.665. The molecule has 1 heterocycles. The lowest BCUT2D eigenvalue weighted by molar-refractivity contribution is -0.108. The van der Waals surface area contributed by atoms with Crippen LogP contribution in [0, 0.1) is 0 Å². The van der Waals surface area contributed by atoms with Crippen LogP contribution in [-0.2, 0) is 9.53 Å². The van der Waals surface area contributed by atoms with Gasteiger partial charge < -0.3 is 14.4 Å². The van der Waals surface area contributed by atoms with Gasteiger partial charge in [0.25, 0.3) is 0 Å². The molecule has 1 aliphatic rings. The molecule has 0 aliphatic carbocycles. The first-order valence-electron chi connectivity index (χ1n) is 5.79. The monoisotopic (exact) mass is 297 g/mol. The van der Waals surface area contributed by atoms with Crippen molar-refractivity contribution in [2.75, 3.05) is 36.5 Å². The van der Waals surface area contributed by atoms with Crippen LogP contribution in [0.5, 0.6) is 0 Å². The molecule has 1 unspecified atom stereocenters. The smallest absolute Gasteiger partial charge is 0.128 e. The number of morpholine rings is 1. The van der Waals surface area contributed by atoms with Gasteiger partial charge in [0.2, 0.25) is 0 Å². The number of benzene rings is 1. The van der Waals surface area contributed by atoms with Crippen LogP contribution in [0.4, 0.5) is 5.69 Å². The number of halogens is 1. The molecule has 17 heavy (non-hydrogen) atoms. The molecule has 0 bridgehead atoms. The molecular weight excluding hydrogens is 282 g/mol. The Labute approximate surface area is 110 Å². The van der Waals surface area contributed by atoms with Gasteiger partial charge in [-0.05, 0) is 11.6 Å². The topological polar surface area (TPSA) is 29.5 Å². The molecule has 1 atom stereocenters. The molecule has 1 aromatic carbocycles. The van der Waals surface area contributed by atoms with E-state index < -0.39 is 0 Å². The molecule has 2 rings (SSSR count). The van der Waals surface area contributed by atoms with Crippen molar-refractivity contribution in [1.82, 2.24) is 0 Å². The number of nitrogens with zero attached hydrogens (tertiary/aromatic N) is 1. The zero-order chi connectivity index (χ0) is 12.1. The quantitative estimate of drug-likeness (QED) is 0.630. The Balaban J connectivity index is 2.28. The number of rotatable bonds is 4. The number of ether oxygens (including phenoxy) is 1. The Morgan fingerprint density at radius 1 is 1.35 bits per heavy atom. The molecular formula is C13H16BrNO2. The van der Waals surface area contributed by atoms with Crippen LogP contribution in [0.2, 0.25) is 0 Å². The maximum atomic E-state index is 11.1. The Bertz CT molecular complexity index is 377. The summed E-state index contributed by atoms with van der Waals surface area (Å²) in [6.07, 6.45) is 1.01. The summed E-state index contributed by atoms with van der Waals surface area (Å²) in [7, 11) is 0. The van der Waals surface area contributed by atoms with Gasteiger partial charge in [-0.25, -0.2) is 0 Å². The van der Waals surface area contributed by atoms with Crippen LogP contribution >= 0.6 is 15.9 Å². The van der Waals surface area contributed by atoms with Crippen LogP contribution in [0.15, 0.2) is 24.3 Å². The van der Waals surface area contributed by atoms with E-state index in [-0.39, 0.29) is 5.92 Å². The third-order valence-electron chi connectivity index (χ3n) is 3.02. The van der Waals surface area contributed by atoms with Crippen molar-refractivity contribution < 1.29 is 9.53 Å². The highest BCUT2D eigenvalue weighted by Crippen LogP contribution is 2.28. The van der Waals surface area contributed by atoms with E-state index in [1.54, 1.807) is 0 Å². The molecule has 1 saturated heterocycles. The molecule has 1 aromatic rings. The van der Waals surface area contributed by atoms with Crippen LogP contribution in [0.1, 0.15) is 11.5 Å². The number of aldehydes is 1. The van der Waals surface area contributed by atoms with E-state index in [0.717, 1.165) is 43.8 Å². The highest BCUT2D eigenvalue weighted by atomic mass is 79.9. The molecule has 0 saturated carbocycles. The van der Waals surface area contributed by atoms with Gasteiger partial charge in [-0.2, -0.15) is 0 Å². The number of anilines is 1. The van der Waals surface area contributed by atoms with Crippen molar-refractivity contribution in [3.05, 3.63) is 29.8 Å². The van der Waals surface area contributed by atoms with E-state index in [9.17, 15) is 4.79 Å². The number of hydrogen-bond donors (Lipinski definition) is 0. The van der Waals surface area contributed by atoms with Gasteiger partial charge in [-0.3, -0.25) is 0 Å². The molecule has 0 amide bonds. The first-order chi connectivity index (χ1) is 8.36. The standard InChI is InChI=1S/C13H16BrNO2/c14-9-11(10-16)12-3-1-2-4-13(12)15-5-7-17-8-6-15/h1-4,10-11H,5-9H2. The van der Waals surface area contributed by atoms with Crippen LogP contribution < -0.4 is 4.90 Å². The molecule has 1 aliphatic heterocycles. The first-order valence-corrected chi connectivity index (χ1v) is 6.92. The van der Waals surface area contributed by atoms with Crippen molar-refractivity contribution in [1.29, 1.82) is 0 Å². The molecule has 0 aromatic heterocycles. The normalized spacial score (nSPS) is 17.8. The number of carbonyl (C=O) groups is 1. The van der Waals surface area contributed by atoms with Crippen molar-refractivity contribution in [2.45, 2.75) is 5.92 Å². The highest BCUT2D eigenvalue weighted by Gasteiger charge is 2.18. The zero-order valence-electron chi connectivity index (χ0n) is 9.64. The molecule has 3 nitrogen and oxygen atoms in total. The summed E-state index contributed by atoms with van der Waals surface area (Å²) in [6, 6.07) is 8.12. The number of para-hydroxylation sites is 1. The molecule has 0 spiro atoms. The van der Waals surface area contributed by atoms with Crippen molar-refractivity contribution in [3.63, 3.8) is 0 Å². The lowest BCUT2D eigenvalue weighted by Crippen LogP contribution is -2.37. The van der Waals surface area contributed by atoms with E-state index in [0.29, 0.717) is 5.33 Å². The molecule has 0 radical (unpaired) electrons. The molecule has 4 heteroatoms. The number of carbonyl (C=O) groups excluding carboxylic acids is 1. The van der Waals surface area contributed by atoms with Crippen molar-refractivity contribution in [3.8, 4) is 0 Å². The van der Waals surface area contributed by atoms with Gasteiger partial charge in [0.15, 0.2) is 0 Å². The van der Waals surface area contributed by atoms with E-state index in [4.69, 9.17) is 4.74 Å². The maximum absolute atomic E-state index is 11.1. The number of hydrogen-bond acceptors (Lipinski definition) is 3. The SMILES string of the molecule is O=CC(CBr)c1ccccc1N1CCOCC1. The summed E-state index contributed by atoms with van der Waals surface area (Å²) >= 11 is 3.40. The largest absolute Gasteiger partial charge is 0.378 e. The molecule has 0 N–H and O–H groups in total. The fraction of sp³-hybridized carbons (Fsp3) is 0.462. The second-order valence-corrected chi connectivity index (χ2v) is 4.70. The van der Waals surface area contributed by atoms with Crippen LogP contribution in [0.3, 0.4) is 0 Å². The van der Waals surface area contributed by atoms with E-state index in [1.165, 1.54) is 0 Å². The van der Waals surface area contributed by atoms with Crippen molar-refractivity contribution >= 4 is 27.9 Å². The summed E-state index contributed by atoms with van der Waals surface area (Å²) in [6.45, 7) is 3.30. The minimum Gasteiger partial charge on any atom is -0.378 e. The summed E-state index contributed by atoms with van der Waals surface area (Å²) < 4.78 is 5.35. The average Bonchev–Trinajstić information content (AvgIpc) is 2.42. The summed E-state index contributed by atoms with van der Waals surface area (Å²) in [5.41, 5.74) is 2.26. The minimum atomic E-state index is -0.0750. The summed E-state index contributed by atoms with van der Waals surface area (Å²) in [4.78, 5) is 13.4. The Kier molecular flexibility index (Phi) is 4.57. The summed E-state index contributed by atoms with van der Waals surface area (Å²) in [5.74, 6) is -0.0750. The van der Waals surface area contributed by atoms with Gasteiger partial charge in [0, 0.05) is 24.1 Å². The fourth-order valence-electron chi connectivity index (χ4n) is 2.09. The third kappa shape index (κ3) is 2.87. The Morgan fingerprint density at radius 2 is 2.06 bits per heavy atom. The minimum absolute atomic E-state index is 0.0750. The average molecular weight is 298 g/mol. The van der Waals surface area contributed by atoms with E-state index in [2.05, 4.69) is 26.9 Å². The van der Waals surface area contributed by atoms with Crippen LogP contribution in [-0.4, -0.2) is 37.9 Å². The van der Waals surface area contributed by atoms with E-state index in [1.807, 2.05) is 18.2 Å². The predicted octanol–water partition coefficient (Wildman–Crippen LogP) is 2.20. The maximum Gasteiger partial charge on any atom is 0.128 e. The Hall–Kier alpha value is -0.870. The molecule has 92 valence electrons. The lowest BCUT2D eigenvalue weighted by atomic mass is 9.99. The zero-order valence-corrected chi connectivity index (χ0v) is 11.2. The number of alkyl halides is 1. The van der Waals surface area contributed by atoms with Crippen molar-refractivity contribution in [2.24, 2.45) is 0 Å². The fourth-order valence-corrected chi connectivity index (χ4v) is 2.59. The van der Waals surface area contributed by atoms with Gasteiger partial charge in [-0.15, -0.1) is 0 Å². The first kappa shape index (κ1) is 12.6. The third-order valence-corrected chi connectivity index (χ3v) is 3.72. The molecule has 1 fully saturated rings. The Morgan fingerprint density at radius 3 is 2.71 bits per heavy atom. The van der Waals surface area contributed by atoms with Crippen LogP contribution in [0.25, 0.3) is 0 Å². The van der Waals surface area contributed by atoms with Gasteiger partial charge in [-0.1, -0.05) is 34.1 Å². The van der Waals surface area contributed by atoms with E-state index >= 15 is 0 Å². The lowest BCUT2D eigenvalue weighted by Gasteiger charge is -2.31. The highest BCUT2D eigenvalue weighted by molar-refractivity contribution is 9.09. The van der Waals surface area contributed by atoms with Gasteiger partial charge in [0.05, 0.1) is 19.1 Å². The second-order valence-electron chi connectivity index (χ2n) is 4.06. The van der Waals surface area contributed by atoms with Gasteiger partial charge in [0.1, 0.15) is 6.29 Å². The predicted molar refractivity (Wildman–Crippen MR) is 72.1 cm³/mol. The second kappa shape index (κ2) is 6.17. The van der Waals surface area contributed by atoms with Gasteiger partial charge >= 0.3 is 0 Å².